The largest absolute Gasteiger partial charge is 0.493 e. The minimum Gasteiger partial charge on any atom is -0.493 e. The first-order chi connectivity index (χ1) is 8.97. The van der Waals surface area contributed by atoms with Crippen LogP contribution in [0.2, 0.25) is 0 Å². The van der Waals surface area contributed by atoms with E-state index in [0.29, 0.717) is 18.0 Å². The van der Waals surface area contributed by atoms with Gasteiger partial charge in [-0.05, 0) is 53.9 Å². The maximum absolute atomic E-state index is 9.33. The van der Waals surface area contributed by atoms with Crippen LogP contribution >= 0.6 is 15.9 Å². The molecule has 0 aromatic heterocycles. The fourth-order valence-corrected chi connectivity index (χ4v) is 2.61. The lowest BCUT2D eigenvalue weighted by Gasteiger charge is -2.17. The van der Waals surface area contributed by atoms with Crippen molar-refractivity contribution >= 4 is 15.9 Å². The molecule has 1 aromatic carbocycles. The van der Waals surface area contributed by atoms with Gasteiger partial charge >= 0.3 is 0 Å². The molecule has 4 nitrogen and oxygen atoms in total. The molecule has 0 saturated heterocycles. The molecule has 0 amide bonds. The van der Waals surface area contributed by atoms with Gasteiger partial charge in [0.2, 0.25) is 0 Å². The molecule has 0 spiro atoms. The summed E-state index contributed by atoms with van der Waals surface area (Å²) in [6.07, 6.45) is 0.439. The van der Waals surface area contributed by atoms with Crippen LogP contribution in [0.4, 0.5) is 0 Å². The zero-order chi connectivity index (χ0) is 14.4. The quantitative estimate of drug-likeness (QED) is 0.806. The highest BCUT2D eigenvalue weighted by Gasteiger charge is 2.11. The third-order valence-corrected chi connectivity index (χ3v) is 3.43. The molecule has 0 aliphatic rings. The standard InChI is InChI=1S/C14H22BrNO3/c1-9(5-10(2)17)16-8-11-6-12(15)14(19-4)13(7-11)18-3/h6-7,9-10,16-17H,5,8H2,1-4H3. The van der Waals surface area contributed by atoms with Gasteiger partial charge in [0.1, 0.15) is 0 Å². The van der Waals surface area contributed by atoms with Crippen LogP contribution in [0.3, 0.4) is 0 Å². The molecule has 0 saturated carbocycles. The van der Waals surface area contributed by atoms with E-state index in [-0.39, 0.29) is 12.1 Å². The number of rotatable bonds is 7. The van der Waals surface area contributed by atoms with Crippen molar-refractivity contribution in [2.24, 2.45) is 0 Å². The third kappa shape index (κ3) is 5.01. The van der Waals surface area contributed by atoms with Crippen LogP contribution in [-0.2, 0) is 6.54 Å². The number of hydrogen-bond acceptors (Lipinski definition) is 4. The number of ether oxygens (including phenoxy) is 2. The molecule has 0 aliphatic heterocycles. The number of methoxy groups -OCH3 is 2. The van der Waals surface area contributed by atoms with Gasteiger partial charge in [0, 0.05) is 12.6 Å². The van der Waals surface area contributed by atoms with Crippen LogP contribution in [0.15, 0.2) is 16.6 Å². The van der Waals surface area contributed by atoms with Gasteiger partial charge in [-0.1, -0.05) is 0 Å². The lowest BCUT2D eigenvalue weighted by Crippen LogP contribution is -2.28. The highest BCUT2D eigenvalue weighted by molar-refractivity contribution is 9.10. The van der Waals surface area contributed by atoms with Crippen molar-refractivity contribution in [2.45, 2.75) is 39.0 Å². The number of halogens is 1. The van der Waals surface area contributed by atoms with Crippen LogP contribution in [0.1, 0.15) is 25.8 Å². The maximum atomic E-state index is 9.33. The van der Waals surface area contributed by atoms with E-state index in [0.717, 1.165) is 16.5 Å². The van der Waals surface area contributed by atoms with E-state index in [1.807, 2.05) is 12.1 Å². The Morgan fingerprint density at radius 2 is 1.95 bits per heavy atom. The van der Waals surface area contributed by atoms with E-state index < -0.39 is 0 Å². The molecule has 0 fully saturated rings. The smallest absolute Gasteiger partial charge is 0.174 e. The summed E-state index contributed by atoms with van der Waals surface area (Å²) in [5.41, 5.74) is 1.10. The van der Waals surface area contributed by atoms with Crippen LogP contribution < -0.4 is 14.8 Å². The summed E-state index contributed by atoms with van der Waals surface area (Å²) in [5.74, 6) is 1.40. The number of hydrogen-bond donors (Lipinski definition) is 2. The molecule has 19 heavy (non-hydrogen) atoms. The minimum atomic E-state index is -0.292. The van der Waals surface area contributed by atoms with Crippen LogP contribution in [0.25, 0.3) is 0 Å². The molecule has 1 rings (SSSR count). The molecule has 0 aliphatic carbocycles. The van der Waals surface area contributed by atoms with E-state index in [1.165, 1.54) is 0 Å². The molecule has 2 N–H and O–H groups in total. The van der Waals surface area contributed by atoms with E-state index in [9.17, 15) is 5.11 Å². The summed E-state index contributed by atoms with van der Waals surface area (Å²) in [7, 11) is 3.24. The van der Waals surface area contributed by atoms with Gasteiger partial charge in [-0.25, -0.2) is 0 Å². The average Bonchev–Trinajstić information content (AvgIpc) is 2.34. The molecule has 2 unspecified atom stereocenters. The Bertz CT molecular complexity index is 410. The Hall–Kier alpha value is -0.780. The minimum absolute atomic E-state index is 0.256. The fourth-order valence-electron chi connectivity index (χ4n) is 1.96. The normalized spacial score (nSPS) is 14.0. The van der Waals surface area contributed by atoms with Crippen molar-refractivity contribution in [2.75, 3.05) is 14.2 Å². The summed E-state index contributed by atoms with van der Waals surface area (Å²) < 4.78 is 11.5. The van der Waals surface area contributed by atoms with Gasteiger partial charge in [-0.3, -0.25) is 0 Å². The van der Waals surface area contributed by atoms with Crippen molar-refractivity contribution in [3.63, 3.8) is 0 Å². The first-order valence-electron chi connectivity index (χ1n) is 6.29. The van der Waals surface area contributed by atoms with Gasteiger partial charge in [-0.2, -0.15) is 0 Å². The number of aliphatic hydroxyl groups excluding tert-OH is 1. The second-order valence-electron chi connectivity index (χ2n) is 4.68. The molecule has 0 bridgehead atoms. The van der Waals surface area contributed by atoms with Gasteiger partial charge in [0.15, 0.2) is 11.5 Å². The summed E-state index contributed by atoms with van der Waals surface area (Å²) in [6.45, 7) is 4.57. The second-order valence-corrected chi connectivity index (χ2v) is 5.53. The molecule has 0 radical (unpaired) electrons. The van der Waals surface area contributed by atoms with E-state index in [1.54, 1.807) is 21.1 Å². The fraction of sp³-hybridized carbons (Fsp3) is 0.571. The van der Waals surface area contributed by atoms with E-state index in [4.69, 9.17) is 9.47 Å². The van der Waals surface area contributed by atoms with Crippen LogP contribution in [0.5, 0.6) is 11.5 Å². The zero-order valence-electron chi connectivity index (χ0n) is 11.9. The average molecular weight is 332 g/mol. The molecule has 2 atom stereocenters. The predicted octanol–water partition coefficient (Wildman–Crippen LogP) is 2.72. The highest BCUT2D eigenvalue weighted by Crippen LogP contribution is 2.36. The Morgan fingerprint density at radius 3 is 2.47 bits per heavy atom. The first-order valence-corrected chi connectivity index (χ1v) is 7.09. The SMILES string of the molecule is COc1cc(CNC(C)CC(C)O)cc(Br)c1OC. The monoisotopic (exact) mass is 331 g/mol. The van der Waals surface area contributed by atoms with Gasteiger partial charge in [0.05, 0.1) is 24.8 Å². The molecule has 1 aromatic rings. The molecule has 5 heteroatoms. The second kappa shape index (κ2) is 7.72. The van der Waals surface area contributed by atoms with Crippen molar-refractivity contribution in [3.05, 3.63) is 22.2 Å². The maximum Gasteiger partial charge on any atom is 0.174 e. The predicted molar refractivity (Wildman–Crippen MR) is 79.8 cm³/mol. The lowest BCUT2D eigenvalue weighted by atomic mass is 10.1. The van der Waals surface area contributed by atoms with Gasteiger partial charge in [-0.15, -0.1) is 0 Å². The Morgan fingerprint density at radius 1 is 1.26 bits per heavy atom. The molecular weight excluding hydrogens is 310 g/mol. The number of benzene rings is 1. The van der Waals surface area contributed by atoms with Crippen molar-refractivity contribution in [3.8, 4) is 11.5 Å². The van der Waals surface area contributed by atoms with Crippen molar-refractivity contribution in [1.82, 2.24) is 5.32 Å². The van der Waals surface area contributed by atoms with Crippen LogP contribution in [0, 0.1) is 0 Å². The molecule has 0 heterocycles. The topological polar surface area (TPSA) is 50.7 Å². The Kier molecular flexibility index (Phi) is 6.62. The van der Waals surface area contributed by atoms with Crippen molar-refractivity contribution < 1.29 is 14.6 Å². The third-order valence-electron chi connectivity index (χ3n) is 2.84. The summed E-state index contributed by atoms with van der Waals surface area (Å²) in [5, 5.41) is 12.7. The Labute approximate surface area is 123 Å². The first kappa shape index (κ1) is 16.3. The van der Waals surface area contributed by atoms with Crippen LogP contribution in [-0.4, -0.2) is 31.5 Å². The van der Waals surface area contributed by atoms with Gasteiger partial charge in [0.25, 0.3) is 0 Å². The van der Waals surface area contributed by atoms with Gasteiger partial charge < -0.3 is 19.9 Å². The number of nitrogens with one attached hydrogen (secondary N) is 1. The summed E-state index contributed by atoms with van der Waals surface area (Å²) >= 11 is 3.47. The summed E-state index contributed by atoms with van der Waals surface area (Å²) in [6, 6.07) is 4.21. The van der Waals surface area contributed by atoms with E-state index >= 15 is 0 Å². The summed E-state index contributed by atoms with van der Waals surface area (Å²) in [4.78, 5) is 0. The molecule has 108 valence electrons. The Balaban J connectivity index is 2.72. The molecular formula is C14H22BrNO3. The number of aliphatic hydroxyl groups is 1. The zero-order valence-corrected chi connectivity index (χ0v) is 13.5. The van der Waals surface area contributed by atoms with Crippen molar-refractivity contribution in [1.29, 1.82) is 0 Å². The van der Waals surface area contributed by atoms with E-state index in [2.05, 4.69) is 28.2 Å². The highest BCUT2D eigenvalue weighted by atomic mass is 79.9. The lowest BCUT2D eigenvalue weighted by molar-refractivity contribution is 0.170.